The number of hydrogen-bond donors (Lipinski definition) is 1. The Labute approximate surface area is 142 Å². The van der Waals surface area contributed by atoms with Crippen LogP contribution in [0.15, 0.2) is 61.2 Å². The normalized spacial score (nSPS) is 12.0. The maximum absolute atomic E-state index is 12.5. The van der Waals surface area contributed by atoms with Crippen molar-refractivity contribution in [3.8, 4) is 5.69 Å². The summed E-state index contributed by atoms with van der Waals surface area (Å²) in [5.74, 6) is -0.0395. The molecule has 122 valence electrons. The fourth-order valence-electron chi connectivity index (χ4n) is 2.70. The van der Waals surface area contributed by atoms with Crippen LogP contribution >= 0.6 is 0 Å². The van der Waals surface area contributed by atoms with E-state index in [1.807, 2.05) is 74.0 Å². The van der Waals surface area contributed by atoms with E-state index in [1.54, 1.807) is 12.5 Å². The van der Waals surface area contributed by atoms with Gasteiger partial charge in [-0.05, 0) is 55.7 Å². The number of hydrogen-bond acceptors (Lipinski definition) is 2. The second kappa shape index (κ2) is 6.71. The van der Waals surface area contributed by atoms with Gasteiger partial charge in [-0.15, -0.1) is 0 Å². The molecule has 0 aliphatic heterocycles. The highest BCUT2D eigenvalue weighted by atomic mass is 16.1. The second-order valence-corrected chi connectivity index (χ2v) is 6.00. The molecule has 1 aromatic heterocycles. The Balaban J connectivity index is 1.73. The van der Waals surface area contributed by atoms with Crippen molar-refractivity contribution < 1.29 is 4.79 Å². The third kappa shape index (κ3) is 3.23. The lowest BCUT2D eigenvalue weighted by molar-refractivity contribution is 0.0939. The molecule has 4 heteroatoms. The summed E-state index contributed by atoms with van der Waals surface area (Å²) in [5, 5.41) is 3.08. The molecule has 0 bridgehead atoms. The van der Waals surface area contributed by atoms with Crippen molar-refractivity contribution in [2.75, 3.05) is 0 Å². The van der Waals surface area contributed by atoms with E-state index in [-0.39, 0.29) is 11.9 Å². The molecule has 3 aromatic rings. The van der Waals surface area contributed by atoms with Crippen LogP contribution in [0.3, 0.4) is 0 Å². The molecule has 0 radical (unpaired) electrons. The van der Waals surface area contributed by atoms with Gasteiger partial charge < -0.3 is 9.88 Å². The highest BCUT2D eigenvalue weighted by molar-refractivity contribution is 5.96. The zero-order chi connectivity index (χ0) is 17.1. The van der Waals surface area contributed by atoms with Gasteiger partial charge in [-0.3, -0.25) is 4.79 Å². The molecule has 0 aliphatic rings. The number of nitrogens with one attached hydrogen (secondary N) is 1. The van der Waals surface area contributed by atoms with Crippen LogP contribution in [0.1, 0.15) is 40.0 Å². The van der Waals surface area contributed by atoms with E-state index in [0.29, 0.717) is 0 Å². The molecular formula is C20H21N3O. The Kier molecular flexibility index (Phi) is 4.47. The Bertz CT molecular complexity index is 836. The van der Waals surface area contributed by atoms with Crippen LogP contribution in [0, 0.1) is 13.8 Å². The minimum Gasteiger partial charge on any atom is -0.346 e. The fraction of sp³-hybridized carbons (Fsp3) is 0.200. The summed E-state index contributed by atoms with van der Waals surface area (Å²) in [6.45, 7) is 5.99. The van der Waals surface area contributed by atoms with E-state index in [0.717, 1.165) is 27.9 Å². The van der Waals surface area contributed by atoms with E-state index >= 15 is 0 Å². The first-order chi connectivity index (χ1) is 11.6. The molecule has 0 spiro atoms. The average molecular weight is 319 g/mol. The molecule has 1 heterocycles. The third-order valence-electron chi connectivity index (χ3n) is 4.39. The largest absolute Gasteiger partial charge is 0.346 e. The number of rotatable bonds is 4. The minimum atomic E-state index is -0.0609. The number of imidazole rings is 1. The maximum atomic E-state index is 12.5. The number of aromatic nitrogens is 2. The van der Waals surface area contributed by atoms with Gasteiger partial charge >= 0.3 is 0 Å². The summed E-state index contributed by atoms with van der Waals surface area (Å²) in [6.07, 6.45) is 5.42. The summed E-state index contributed by atoms with van der Waals surface area (Å²) in [6, 6.07) is 13.9. The van der Waals surface area contributed by atoms with Crippen LogP contribution in [-0.4, -0.2) is 15.5 Å². The smallest absolute Gasteiger partial charge is 0.252 e. The highest BCUT2D eigenvalue weighted by Crippen LogP contribution is 2.18. The number of benzene rings is 2. The van der Waals surface area contributed by atoms with Crippen LogP contribution in [0.25, 0.3) is 5.69 Å². The molecule has 0 aliphatic carbocycles. The Morgan fingerprint density at radius 1 is 1.12 bits per heavy atom. The Morgan fingerprint density at radius 2 is 1.88 bits per heavy atom. The molecule has 3 rings (SSSR count). The first-order valence-corrected chi connectivity index (χ1v) is 8.01. The summed E-state index contributed by atoms with van der Waals surface area (Å²) in [7, 11) is 0. The fourth-order valence-corrected chi connectivity index (χ4v) is 2.70. The van der Waals surface area contributed by atoms with Crippen LogP contribution in [0.5, 0.6) is 0 Å². The SMILES string of the molecule is Cc1cccc(C(=O)N[C@H](C)c2ccc(-n3ccnc3)cc2)c1C. The Morgan fingerprint density at radius 3 is 2.54 bits per heavy atom. The minimum absolute atomic E-state index is 0.0395. The van der Waals surface area contributed by atoms with Crippen LogP contribution in [-0.2, 0) is 0 Å². The van der Waals surface area contributed by atoms with Gasteiger partial charge in [0.25, 0.3) is 5.91 Å². The molecule has 1 amide bonds. The van der Waals surface area contributed by atoms with Crippen molar-refractivity contribution in [3.05, 3.63) is 83.4 Å². The van der Waals surface area contributed by atoms with Crippen LogP contribution < -0.4 is 5.32 Å². The summed E-state index contributed by atoms with van der Waals surface area (Å²) < 4.78 is 1.95. The predicted molar refractivity (Wildman–Crippen MR) is 95.4 cm³/mol. The lowest BCUT2D eigenvalue weighted by Crippen LogP contribution is -2.27. The number of aryl methyl sites for hydroxylation is 1. The molecule has 0 saturated heterocycles. The van der Waals surface area contributed by atoms with Gasteiger partial charge in [0.2, 0.25) is 0 Å². The van der Waals surface area contributed by atoms with Gasteiger partial charge in [-0.1, -0.05) is 24.3 Å². The van der Waals surface area contributed by atoms with Crippen molar-refractivity contribution in [1.29, 1.82) is 0 Å². The number of carbonyl (C=O) groups excluding carboxylic acids is 1. The molecule has 0 unspecified atom stereocenters. The zero-order valence-corrected chi connectivity index (χ0v) is 14.2. The molecule has 1 N–H and O–H groups in total. The number of nitrogens with zero attached hydrogens (tertiary/aromatic N) is 2. The first kappa shape index (κ1) is 16.0. The Hall–Kier alpha value is -2.88. The average Bonchev–Trinajstić information content (AvgIpc) is 3.12. The van der Waals surface area contributed by atoms with E-state index in [1.165, 1.54) is 0 Å². The monoisotopic (exact) mass is 319 g/mol. The van der Waals surface area contributed by atoms with Gasteiger partial charge in [-0.2, -0.15) is 0 Å². The van der Waals surface area contributed by atoms with Gasteiger partial charge in [-0.25, -0.2) is 4.98 Å². The maximum Gasteiger partial charge on any atom is 0.252 e. The van der Waals surface area contributed by atoms with Gasteiger partial charge in [0.1, 0.15) is 0 Å². The summed E-state index contributed by atoms with van der Waals surface area (Å²) >= 11 is 0. The molecule has 24 heavy (non-hydrogen) atoms. The first-order valence-electron chi connectivity index (χ1n) is 8.01. The summed E-state index contributed by atoms with van der Waals surface area (Å²) in [5.41, 5.74) is 5.00. The molecule has 1 atom stereocenters. The quantitative estimate of drug-likeness (QED) is 0.790. The lowest BCUT2D eigenvalue weighted by Gasteiger charge is -2.16. The van der Waals surface area contributed by atoms with Crippen molar-refractivity contribution in [3.63, 3.8) is 0 Å². The van der Waals surface area contributed by atoms with Crippen molar-refractivity contribution >= 4 is 5.91 Å². The standard InChI is InChI=1S/C20H21N3O/c1-14-5-4-6-19(15(14)2)20(24)22-16(3)17-7-9-18(10-8-17)23-12-11-21-13-23/h4-13,16H,1-3H3,(H,22,24)/t16-/m1/s1. The van der Waals surface area contributed by atoms with Gasteiger partial charge in [0.05, 0.1) is 12.4 Å². The number of amides is 1. The zero-order valence-electron chi connectivity index (χ0n) is 14.2. The van der Waals surface area contributed by atoms with Crippen LogP contribution in [0.2, 0.25) is 0 Å². The van der Waals surface area contributed by atoms with E-state index in [2.05, 4.69) is 10.3 Å². The molecule has 0 saturated carbocycles. The third-order valence-corrected chi connectivity index (χ3v) is 4.39. The van der Waals surface area contributed by atoms with Crippen LogP contribution in [0.4, 0.5) is 0 Å². The highest BCUT2D eigenvalue weighted by Gasteiger charge is 2.14. The van der Waals surface area contributed by atoms with Crippen molar-refractivity contribution in [1.82, 2.24) is 14.9 Å². The van der Waals surface area contributed by atoms with E-state index in [4.69, 9.17) is 0 Å². The van der Waals surface area contributed by atoms with Gasteiger partial charge in [0, 0.05) is 23.6 Å². The second-order valence-electron chi connectivity index (χ2n) is 6.00. The predicted octanol–water partition coefficient (Wildman–Crippen LogP) is 3.98. The van der Waals surface area contributed by atoms with Gasteiger partial charge in [0.15, 0.2) is 0 Å². The summed E-state index contributed by atoms with van der Waals surface area (Å²) in [4.78, 5) is 16.6. The molecule has 4 nitrogen and oxygen atoms in total. The number of carbonyl (C=O) groups is 1. The topological polar surface area (TPSA) is 46.9 Å². The lowest BCUT2D eigenvalue weighted by atomic mass is 10.0. The molecule has 0 fully saturated rings. The van der Waals surface area contributed by atoms with E-state index in [9.17, 15) is 4.79 Å². The molecule has 2 aromatic carbocycles. The van der Waals surface area contributed by atoms with Crippen molar-refractivity contribution in [2.45, 2.75) is 26.8 Å². The van der Waals surface area contributed by atoms with Crippen molar-refractivity contribution in [2.24, 2.45) is 0 Å². The van der Waals surface area contributed by atoms with E-state index < -0.39 is 0 Å². The molecular weight excluding hydrogens is 298 g/mol.